The molecule has 208 valence electrons. The highest BCUT2D eigenvalue weighted by Gasteiger charge is 2.89. The van der Waals surface area contributed by atoms with Crippen molar-refractivity contribution in [2.45, 2.75) is 43.9 Å². The molecule has 6 atom stereocenters. The van der Waals surface area contributed by atoms with Gasteiger partial charge in [0.2, 0.25) is 0 Å². The quantitative estimate of drug-likeness (QED) is 0.257. The van der Waals surface area contributed by atoms with Gasteiger partial charge < -0.3 is 9.13 Å². The summed E-state index contributed by atoms with van der Waals surface area (Å²) in [6, 6.07) is 22.4. The number of hydrogen-bond donors (Lipinski definition) is 0. The maximum atomic E-state index is 16.1. The molecule has 1 saturated heterocycles. The van der Waals surface area contributed by atoms with E-state index in [0.717, 1.165) is 11.1 Å². The van der Waals surface area contributed by atoms with Gasteiger partial charge in [-0.25, -0.2) is 0 Å². The second-order valence-electron chi connectivity index (χ2n) is 11.6. The van der Waals surface area contributed by atoms with Gasteiger partial charge in [-0.15, -0.1) is 11.6 Å². The van der Waals surface area contributed by atoms with Crippen LogP contribution in [0.5, 0.6) is 0 Å². The van der Waals surface area contributed by atoms with Crippen LogP contribution in [0.4, 0.5) is 0 Å². The van der Waals surface area contributed by atoms with E-state index in [1.165, 1.54) is 0 Å². The minimum absolute atomic E-state index is 0.246. The van der Waals surface area contributed by atoms with Gasteiger partial charge >= 0.3 is 0 Å². The minimum atomic E-state index is -3.84. The van der Waals surface area contributed by atoms with E-state index in [1.807, 2.05) is 62.4 Å². The van der Waals surface area contributed by atoms with Crippen molar-refractivity contribution < 1.29 is 9.13 Å². The molecule has 0 N–H and O–H groups in total. The maximum Gasteiger partial charge on any atom is 0.198 e. The number of fused-ring (bicyclic) bond motifs is 8. The summed E-state index contributed by atoms with van der Waals surface area (Å²) in [5.74, 6) is -1.29. The van der Waals surface area contributed by atoms with Crippen molar-refractivity contribution in [2.24, 2.45) is 16.7 Å². The Kier molecular flexibility index (Phi) is 6.06. The van der Waals surface area contributed by atoms with Crippen LogP contribution in [0.2, 0.25) is 0 Å². The van der Waals surface area contributed by atoms with Crippen LogP contribution < -0.4 is 10.6 Å². The van der Waals surface area contributed by atoms with Gasteiger partial charge in [-0.1, -0.05) is 71.3 Å². The van der Waals surface area contributed by atoms with Gasteiger partial charge in [-0.05, 0) is 44.9 Å². The minimum Gasteiger partial charge on any atom is -0.313 e. The van der Waals surface area contributed by atoms with Crippen LogP contribution in [-0.2, 0) is 9.13 Å². The number of halogens is 2. The average molecular weight is 629 g/mol. The van der Waals surface area contributed by atoms with Crippen LogP contribution in [0, 0.1) is 75.9 Å². The highest BCUT2D eigenvalue weighted by atomic mass is 35.5. The van der Waals surface area contributed by atoms with Crippen LogP contribution >= 0.6 is 37.5 Å². The van der Waals surface area contributed by atoms with Crippen molar-refractivity contribution in [3.8, 4) is 24.3 Å². The lowest BCUT2D eigenvalue weighted by atomic mass is 9.36. The van der Waals surface area contributed by atoms with Crippen molar-refractivity contribution in [3.05, 3.63) is 92.5 Å². The van der Waals surface area contributed by atoms with E-state index in [9.17, 15) is 21.0 Å². The third-order valence-corrected chi connectivity index (χ3v) is 18.8. The Bertz CT molecular complexity index is 1960. The first-order chi connectivity index (χ1) is 19.8. The van der Waals surface area contributed by atoms with Crippen molar-refractivity contribution in [1.82, 2.24) is 0 Å². The number of hydrogen-bond acceptors (Lipinski definition) is 6. The molecule has 6 nitrogen and oxygen atoms in total. The monoisotopic (exact) mass is 628 g/mol. The zero-order valence-electron chi connectivity index (χ0n) is 23.2. The first-order valence-electron chi connectivity index (χ1n) is 13.3. The lowest BCUT2D eigenvalue weighted by Crippen LogP contribution is -2.78. The van der Waals surface area contributed by atoms with Crippen LogP contribution in [0.15, 0.2) is 81.4 Å². The molecule has 1 aliphatic carbocycles. The third-order valence-electron chi connectivity index (χ3n) is 9.91. The number of alkyl halides is 1. The van der Waals surface area contributed by atoms with Crippen LogP contribution in [0.25, 0.3) is 0 Å². The molecule has 2 aromatic carbocycles. The zero-order chi connectivity index (χ0) is 30.6. The summed E-state index contributed by atoms with van der Waals surface area (Å²) in [5, 5.41) is 44.1. The number of aryl methyl sites for hydroxylation is 2. The van der Waals surface area contributed by atoms with Gasteiger partial charge in [-0.3, -0.25) is 0 Å². The van der Waals surface area contributed by atoms with E-state index in [1.54, 1.807) is 44.2 Å². The Morgan fingerprint density at radius 1 is 0.738 bits per heavy atom. The predicted octanol–water partition coefficient (Wildman–Crippen LogP) is 7.10. The molecule has 4 bridgehead atoms. The summed E-state index contributed by atoms with van der Waals surface area (Å²) < 4.78 is 31.8. The molecule has 4 aliphatic rings. The van der Waals surface area contributed by atoms with Crippen LogP contribution in [0.3, 0.4) is 0 Å². The van der Waals surface area contributed by atoms with E-state index in [4.69, 9.17) is 23.2 Å². The molecule has 6 rings (SSSR count). The van der Waals surface area contributed by atoms with Crippen LogP contribution in [0.1, 0.15) is 25.0 Å². The fourth-order valence-corrected chi connectivity index (χ4v) is 18.6. The fraction of sp³-hybridized carbons (Fsp3) is 0.312. The van der Waals surface area contributed by atoms with Crippen molar-refractivity contribution in [2.75, 3.05) is 0 Å². The molecular weight excluding hydrogens is 605 g/mol. The normalized spacial score (nSPS) is 34.9. The molecule has 0 spiro atoms. The Labute approximate surface area is 254 Å². The lowest BCUT2D eigenvalue weighted by Gasteiger charge is -2.69. The zero-order valence-corrected chi connectivity index (χ0v) is 26.5. The molecule has 2 unspecified atom stereocenters. The predicted molar refractivity (Wildman–Crippen MR) is 163 cm³/mol. The smallest absolute Gasteiger partial charge is 0.198 e. The first kappa shape index (κ1) is 28.8. The maximum absolute atomic E-state index is 16.1. The molecule has 3 aliphatic heterocycles. The molecule has 10 heteroatoms. The second kappa shape index (κ2) is 8.84. The summed E-state index contributed by atoms with van der Waals surface area (Å²) in [6.07, 6.45) is 1.67. The van der Waals surface area contributed by atoms with E-state index >= 15 is 9.13 Å². The number of benzene rings is 2. The van der Waals surface area contributed by atoms with Gasteiger partial charge in [0.15, 0.2) is 18.0 Å². The SMILES string of the molecule is CC1=C2[C@H]3[C@H]4C(C#N)(C#N)C(C#N)(C#N)[C@@]4(Cl)C(C)=C([C@H](C=C1Cl)P2(=O)c1ccc(C)cc1)P3(=O)c1ccc(C)cc1. The molecule has 1 saturated carbocycles. The van der Waals surface area contributed by atoms with Gasteiger partial charge in [0.05, 0.1) is 35.6 Å². The molecule has 2 aromatic rings. The van der Waals surface area contributed by atoms with Gasteiger partial charge in [0.25, 0.3) is 0 Å². The number of rotatable bonds is 2. The molecule has 2 fully saturated rings. The van der Waals surface area contributed by atoms with Gasteiger partial charge in [0.1, 0.15) is 12.0 Å². The van der Waals surface area contributed by atoms with E-state index < -0.39 is 47.2 Å². The largest absolute Gasteiger partial charge is 0.313 e. The standard InChI is InChI=1S/C32H24Cl2N4O2P2/c1-18-5-9-22(10-6-18)41(39)25-13-24(33)20(3)26(41)28-29-30(14-35,15-36)31(16-37,17-38)32(29,34)21(4)27(25)42(28,40)23-11-7-19(2)8-12-23/h5-13,25,28-29H,1-4H3/t25-,28-,29-,32+,41?,42?/m0/s1. The fourth-order valence-electron chi connectivity index (χ4n) is 7.87. The number of nitrogens with zero attached hydrogens (tertiary/aromatic N) is 4. The highest BCUT2D eigenvalue weighted by molar-refractivity contribution is 7.85. The lowest BCUT2D eigenvalue weighted by molar-refractivity contribution is -0.0101. The van der Waals surface area contributed by atoms with Crippen molar-refractivity contribution in [1.29, 1.82) is 21.0 Å². The Hall–Kier alpha value is -3.34. The first-order valence-corrected chi connectivity index (χ1v) is 17.6. The Morgan fingerprint density at radius 2 is 1.21 bits per heavy atom. The number of allylic oxidation sites excluding steroid dienone is 6. The summed E-state index contributed by atoms with van der Waals surface area (Å²) in [5.41, 5.74) is -4.10. The van der Waals surface area contributed by atoms with E-state index in [-0.39, 0.29) is 5.57 Å². The molecule has 42 heavy (non-hydrogen) atoms. The second-order valence-corrected chi connectivity index (χ2v) is 18.4. The Balaban J connectivity index is 1.86. The van der Waals surface area contributed by atoms with Crippen LogP contribution in [-0.4, -0.2) is 16.2 Å². The summed E-state index contributed by atoms with van der Waals surface area (Å²) in [4.78, 5) is -1.83. The van der Waals surface area contributed by atoms with Gasteiger partial charge in [-0.2, -0.15) is 21.0 Å². The molecule has 0 aromatic heterocycles. The summed E-state index contributed by atoms with van der Waals surface area (Å²) >= 11 is 14.2. The molecular formula is C32H24Cl2N4O2P2. The topological polar surface area (TPSA) is 129 Å². The van der Waals surface area contributed by atoms with Crippen molar-refractivity contribution >= 4 is 48.1 Å². The Morgan fingerprint density at radius 3 is 1.67 bits per heavy atom. The molecule has 3 heterocycles. The van der Waals surface area contributed by atoms with Gasteiger partial charge in [0, 0.05) is 32.2 Å². The number of nitriles is 4. The third kappa shape index (κ3) is 2.82. The summed E-state index contributed by atoms with van der Waals surface area (Å²) in [7, 11) is -7.50. The van der Waals surface area contributed by atoms with Crippen molar-refractivity contribution in [3.63, 3.8) is 0 Å². The molecule has 0 radical (unpaired) electrons. The molecule has 0 amide bonds. The summed E-state index contributed by atoms with van der Waals surface area (Å²) in [6.45, 7) is 7.13. The highest BCUT2D eigenvalue weighted by Crippen LogP contribution is 2.90. The van der Waals surface area contributed by atoms with E-state index in [0.29, 0.717) is 31.8 Å². The van der Waals surface area contributed by atoms with E-state index in [2.05, 4.69) is 0 Å². The average Bonchev–Trinajstić information content (AvgIpc) is 2.97.